The second-order valence-corrected chi connectivity index (χ2v) is 10.7. The normalized spacial score (nSPS) is 20.5. The van der Waals surface area contributed by atoms with Gasteiger partial charge in [0.15, 0.2) is 0 Å². The molecule has 2 saturated heterocycles. The minimum absolute atomic E-state index is 0.0140. The Hall–Kier alpha value is -3.62. The molecule has 2 aliphatic heterocycles. The SMILES string of the molecule is CC(=O)NCCc1ccc(F)cc1OCCO[C@H]1CNCC[C@@H]1c1ccc(O[C@H]2CCN(c3ccccc3)C2)cc1. The number of ether oxygens (including phenoxy) is 3. The molecule has 2 heterocycles. The molecule has 218 valence electrons. The van der Waals surface area contributed by atoms with E-state index >= 15 is 0 Å². The minimum Gasteiger partial charge on any atom is -0.491 e. The molecule has 0 saturated carbocycles. The number of hydrogen-bond acceptors (Lipinski definition) is 6. The van der Waals surface area contributed by atoms with E-state index in [4.69, 9.17) is 14.2 Å². The molecule has 3 aromatic carbocycles. The molecule has 7 nitrogen and oxygen atoms in total. The molecular weight excluding hydrogens is 521 g/mol. The first kappa shape index (κ1) is 28.9. The molecule has 0 unspecified atom stereocenters. The smallest absolute Gasteiger partial charge is 0.216 e. The van der Waals surface area contributed by atoms with E-state index in [2.05, 4.69) is 64.1 Å². The summed E-state index contributed by atoms with van der Waals surface area (Å²) in [6, 6.07) is 23.5. The fourth-order valence-electron chi connectivity index (χ4n) is 5.66. The highest BCUT2D eigenvalue weighted by atomic mass is 19.1. The molecule has 2 aliphatic rings. The summed E-state index contributed by atoms with van der Waals surface area (Å²) in [5.74, 6) is 1.21. The number of carbonyl (C=O) groups is 1. The maximum absolute atomic E-state index is 13.9. The average molecular weight is 562 g/mol. The first-order chi connectivity index (χ1) is 20.0. The number of nitrogens with one attached hydrogen (secondary N) is 2. The quantitative estimate of drug-likeness (QED) is 0.313. The van der Waals surface area contributed by atoms with Gasteiger partial charge < -0.3 is 29.7 Å². The summed E-state index contributed by atoms with van der Waals surface area (Å²) in [4.78, 5) is 13.5. The summed E-state index contributed by atoms with van der Waals surface area (Å²) in [6.45, 7) is 6.26. The van der Waals surface area contributed by atoms with Crippen molar-refractivity contribution in [1.29, 1.82) is 0 Å². The van der Waals surface area contributed by atoms with Crippen molar-refractivity contribution in [3.05, 3.63) is 89.7 Å². The van der Waals surface area contributed by atoms with Gasteiger partial charge in [-0.2, -0.15) is 0 Å². The zero-order valence-electron chi connectivity index (χ0n) is 23.7. The molecule has 2 N–H and O–H groups in total. The summed E-state index contributed by atoms with van der Waals surface area (Å²) < 4.78 is 32.4. The average Bonchev–Trinajstić information content (AvgIpc) is 3.46. The second-order valence-electron chi connectivity index (χ2n) is 10.7. The molecule has 0 spiro atoms. The molecule has 0 radical (unpaired) electrons. The lowest BCUT2D eigenvalue weighted by Crippen LogP contribution is -2.41. The van der Waals surface area contributed by atoms with E-state index in [9.17, 15) is 9.18 Å². The Labute approximate surface area is 242 Å². The predicted molar refractivity (Wildman–Crippen MR) is 158 cm³/mol. The molecule has 0 bridgehead atoms. The van der Waals surface area contributed by atoms with Gasteiger partial charge in [-0.05, 0) is 60.8 Å². The van der Waals surface area contributed by atoms with Crippen molar-refractivity contribution in [2.45, 2.75) is 44.3 Å². The van der Waals surface area contributed by atoms with Crippen LogP contribution in [-0.4, -0.2) is 64.1 Å². The Morgan fingerprint density at radius 3 is 2.68 bits per heavy atom. The molecule has 8 heteroatoms. The summed E-state index contributed by atoms with van der Waals surface area (Å²) in [5.41, 5.74) is 3.34. The number of rotatable bonds is 12. The maximum atomic E-state index is 13.9. The molecule has 3 atom stereocenters. The van der Waals surface area contributed by atoms with Crippen LogP contribution in [0.4, 0.5) is 10.1 Å². The Morgan fingerprint density at radius 2 is 1.88 bits per heavy atom. The third kappa shape index (κ3) is 8.21. The van der Waals surface area contributed by atoms with Crippen LogP contribution < -0.4 is 25.0 Å². The molecule has 2 fully saturated rings. The van der Waals surface area contributed by atoms with Crippen LogP contribution in [0.5, 0.6) is 11.5 Å². The number of anilines is 1. The van der Waals surface area contributed by atoms with E-state index < -0.39 is 0 Å². The zero-order chi connectivity index (χ0) is 28.4. The van der Waals surface area contributed by atoms with Gasteiger partial charge >= 0.3 is 0 Å². The molecule has 41 heavy (non-hydrogen) atoms. The highest BCUT2D eigenvalue weighted by Gasteiger charge is 2.28. The van der Waals surface area contributed by atoms with Gasteiger partial charge in [-0.3, -0.25) is 4.79 Å². The standard InChI is InChI=1S/C33H40FN3O4/c1-24(38)36-17-13-26-7-10-27(34)21-32(26)39-19-20-40-33-22-35-16-14-31(33)25-8-11-29(12-9-25)41-30-15-18-37(23-30)28-5-3-2-4-6-28/h2-12,21,30-31,33,35H,13-20,22-23H2,1H3,(H,36,38)/t30-,31+,33-/m0/s1. The first-order valence-corrected chi connectivity index (χ1v) is 14.6. The van der Waals surface area contributed by atoms with Crippen LogP contribution in [0.3, 0.4) is 0 Å². The fourth-order valence-corrected chi connectivity index (χ4v) is 5.66. The van der Waals surface area contributed by atoms with Gasteiger partial charge in [-0.1, -0.05) is 36.4 Å². The largest absolute Gasteiger partial charge is 0.491 e. The Morgan fingerprint density at radius 1 is 1.05 bits per heavy atom. The van der Waals surface area contributed by atoms with Crippen molar-refractivity contribution in [2.75, 3.05) is 50.8 Å². The zero-order valence-corrected chi connectivity index (χ0v) is 23.7. The van der Waals surface area contributed by atoms with Crippen molar-refractivity contribution in [3.63, 3.8) is 0 Å². The highest BCUT2D eigenvalue weighted by molar-refractivity contribution is 5.72. The van der Waals surface area contributed by atoms with Gasteiger partial charge in [0.2, 0.25) is 5.91 Å². The van der Waals surface area contributed by atoms with Crippen LogP contribution in [0.15, 0.2) is 72.8 Å². The van der Waals surface area contributed by atoms with Crippen LogP contribution in [0.25, 0.3) is 0 Å². The van der Waals surface area contributed by atoms with Crippen LogP contribution in [0, 0.1) is 5.82 Å². The number of benzene rings is 3. The number of piperidine rings is 1. The Balaban J connectivity index is 1.11. The molecule has 0 aliphatic carbocycles. The van der Waals surface area contributed by atoms with E-state index in [1.807, 2.05) is 6.07 Å². The fraction of sp³-hybridized carbons (Fsp3) is 0.424. The monoisotopic (exact) mass is 561 g/mol. The first-order valence-electron chi connectivity index (χ1n) is 14.6. The number of nitrogens with zero attached hydrogens (tertiary/aromatic N) is 1. The minimum atomic E-state index is -0.352. The lowest BCUT2D eigenvalue weighted by Gasteiger charge is -2.32. The van der Waals surface area contributed by atoms with Gasteiger partial charge in [0.1, 0.15) is 30.0 Å². The summed E-state index contributed by atoms with van der Waals surface area (Å²) in [5, 5.41) is 6.21. The van der Waals surface area contributed by atoms with Gasteiger partial charge in [0.05, 0.1) is 19.3 Å². The van der Waals surface area contributed by atoms with Crippen LogP contribution >= 0.6 is 0 Å². The summed E-state index contributed by atoms with van der Waals surface area (Å²) >= 11 is 0. The Bertz CT molecular complexity index is 1260. The molecular formula is C33H40FN3O4. The van der Waals surface area contributed by atoms with Gasteiger partial charge in [0.25, 0.3) is 0 Å². The van der Waals surface area contributed by atoms with E-state index in [0.29, 0.717) is 31.9 Å². The molecule has 0 aromatic heterocycles. The molecule has 1 amide bonds. The van der Waals surface area contributed by atoms with E-state index in [0.717, 1.165) is 50.3 Å². The predicted octanol–water partition coefficient (Wildman–Crippen LogP) is 4.70. The van der Waals surface area contributed by atoms with E-state index in [1.165, 1.54) is 30.3 Å². The van der Waals surface area contributed by atoms with Crippen LogP contribution in [0.1, 0.15) is 36.8 Å². The number of carbonyl (C=O) groups excluding carboxylic acids is 1. The topological polar surface area (TPSA) is 72.1 Å². The summed E-state index contributed by atoms with van der Waals surface area (Å²) in [6.07, 6.45) is 2.75. The lowest BCUT2D eigenvalue weighted by molar-refractivity contribution is -0.118. The third-order valence-electron chi connectivity index (χ3n) is 7.77. The number of amides is 1. The van der Waals surface area contributed by atoms with Crippen molar-refractivity contribution in [3.8, 4) is 11.5 Å². The lowest BCUT2D eigenvalue weighted by atomic mass is 9.88. The van der Waals surface area contributed by atoms with Crippen molar-refractivity contribution in [2.24, 2.45) is 0 Å². The maximum Gasteiger partial charge on any atom is 0.216 e. The van der Waals surface area contributed by atoms with Crippen molar-refractivity contribution < 1.29 is 23.4 Å². The Kier molecular flexibility index (Phi) is 10.1. The van der Waals surface area contributed by atoms with Gasteiger partial charge in [0, 0.05) is 50.7 Å². The van der Waals surface area contributed by atoms with E-state index in [-0.39, 0.29) is 29.9 Å². The number of halogens is 1. The van der Waals surface area contributed by atoms with E-state index in [1.54, 1.807) is 6.07 Å². The molecule has 5 rings (SSSR count). The molecule has 3 aromatic rings. The number of para-hydroxylation sites is 1. The van der Waals surface area contributed by atoms with Gasteiger partial charge in [-0.25, -0.2) is 4.39 Å². The van der Waals surface area contributed by atoms with Crippen LogP contribution in [0.2, 0.25) is 0 Å². The van der Waals surface area contributed by atoms with Crippen molar-refractivity contribution in [1.82, 2.24) is 10.6 Å². The number of hydrogen-bond donors (Lipinski definition) is 2. The third-order valence-corrected chi connectivity index (χ3v) is 7.77. The summed E-state index contributed by atoms with van der Waals surface area (Å²) in [7, 11) is 0. The van der Waals surface area contributed by atoms with Crippen LogP contribution in [-0.2, 0) is 16.0 Å². The highest BCUT2D eigenvalue weighted by Crippen LogP contribution is 2.30. The second kappa shape index (κ2) is 14.3. The van der Waals surface area contributed by atoms with Crippen molar-refractivity contribution >= 4 is 11.6 Å². The van der Waals surface area contributed by atoms with Gasteiger partial charge in [-0.15, -0.1) is 0 Å².